The normalized spacial score (nSPS) is 31.4. The van der Waals surface area contributed by atoms with E-state index in [2.05, 4.69) is 9.26 Å². The Morgan fingerprint density at radius 2 is 2.06 bits per heavy atom. The summed E-state index contributed by atoms with van der Waals surface area (Å²) in [5.41, 5.74) is -0.554. The first-order valence-electron chi connectivity index (χ1n) is 5.43. The first kappa shape index (κ1) is 14.6. The molecule has 0 bridgehead atoms. The zero-order valence-electron chi connectivity index (χ0n) is 10.4. The molecular formula is C10H19O6P. The predicted molar refractivity (Wildman–Crippen MR) is 60.2 cm³/mol. The van der Waals surface area contributed by atoms with Crippen molar-refractivity contribution in [2.75, 3.05) is 13.7 Å². The van der Waals surface area contributed by atoms with Crippen LogP contribution >= 0.6 is 7.60 Å². The smallest absolute Gasteiger partial charge is 0.356 e. The summed E-state index contributed by atoms with van der Waals surface area (Å²) in [6.07, 6.45) is 0. The summed E-state index contributed by atoms with van der Waals surface area (Å²) in [5, 5.41) is 9.85. The van der Waals surface area contributed by atoms with E-state index in [0.717, 1.165) is 0 Å². The summed E-state index contributed by atoms with van der Waals surface area (Å²) < 4.78 is 20.9. The Kier molecular flexibility index (Phi) is 4.04. The fraction of sp³-hybridized carbons (Fsp3) is 0.900. The molecule has 2 N–H and O–H groups in total. The number of aliphatic hydroxyl groups is 1. The number of esters is 1. The van der Waals surface area contributed by atoms with E-state index in [1.807, 2.05) is 0 Å². The van der Waals surface area contributed by atoms with Crippen molar-refractivity contribution in [1.29, 1.82) is 0 Å². The molecule has 6 nitrogen and oxygen atoms in total. The summed E-state index contributed by atoms with van der Waals surface area (Å²) in [7, 11) is -2.85. The fourth-order valence-corrected chi connectivity index (χ4v) is 3.76. The third-order valence-electron chi connectivity index (χ3n) is 3.34. The van der Waals surface area contributed by atoms with E-state index < -0.39 is 36.7 Å². The van der Waals surface area contributed by atoms with Crippen LogP contribution < -0.4 is 0 Å². The molecule has 4 atom stereocenters. The molecule has 0 aromatic carbocycles. The summed E-state index contributed by atoms with van der Waals surface area (Å²) in [5.74, 6) is -3.21. The molecule has 4 unspecified atom stereocenters. The summed E-state index contributed by atoms with van der Waals surface area (Å²) in [6.45, 7) is 5.08. The molecule has 0 spiro atoms. The number of ether oxygens (including phenoxy) is 1. The average molecular weight is 266 g/mol. The summed E-state index contributed by atoms with van der Waals surface area (Å²) in [6, 6.07) is 0. The second-order valence-corrected chi connectivity index (χ2v) is 6.66. The van der Waals surface area contributed by atoms with Crippen LogP contribution in [0, 0.1) is 17.3 Å². The number of aliphatic hydroxyl groups excluding tert-OH is 1. The van der Waals surface area contributed by atoms with Crippen LogP contribution in [-0.2, 0) is 18.6 Å². The third kappa shape index (κ3) is 2.55. The zero-order chi connectivity index (χ0) is 13.4. The highest BCUT2D eigenvalue weighted by Gasteiger charge is 2.68. The Hall–Kier alpha value is -0.420. The number of rotatable bonds is 5. The first-order valence-corrected chi connectivity index (χ1v) is 7.07. The fourth-order valence-electron chi connectivity index (χ4n) is 2.28. The van der Waals surface area contributed by atoms with Gasteiger partial charge in [-0.15, -0.1) is 0 Å². The minimum atomic E-state index is -4.10. The predicted octanol–water partition coefficient (Wildman–Crippen LogP) is 0.972. The number of carbonyl (C=O) groups is 1. The van der Waals surface area contributed by atoms with E-state index in [-0.39, 0.29) is 6.61 Å². The zero-order valence-corrected chi connectivity index (χ0v) is 11.3. The molecule has 1 aliphatic rings. The largest absolute Gasteiger partial charge is 0.469 e. The lowest BCUT2D eigenvalue weighted by atomic mass is 10.1. The molecule has 0 amide bonds. The Bertz CT molecular complexity index is 353. The van der Waals surface area contributed by atoms with Crippen molar-refractivity contribution < 1.29 is 28.6 Å². The molecule has 100 valence electrons. The van der Waals surface area contributed by atoms with Gasteiger partial charge in [-0.3, -0.25) is 9.36 Å². The van der Waals surface area contributed by atoms with Crippen molar-refractivity contribution in [2.45, 2.75) is 26.6 Å². The van der Waals surface area contributed by atoms with Crippen LogP contribution in [0.15, 0.2) is 0 Å². The van der Waals surface area contributed by atoms with Crippen molar-refractivity contribution in [3.8, 4) is 0 Å². The lowest BCUT2D eigenvalue weighted by molar-refractivity contribution is -0.143. The van der Waals surface area contributed by atoms with Gasteiger partial charge < -0.3 is 19.3 Å². The molecule has 1 fully saturated rings. The van der Waals surface area contributed by atoms with Gasteiger partial charge in [0.2, 0.25) is 0 Å². The first-order chi connectivity index (χ1) is 7.70. The molecule has 0 heterocycles. The molecule has 0 radical (unpaired) electrons. The SMILES string of the molecule is CCOP(=O)(O)C(O)C1C(C(=O)OC)C1(C)C. The topological polar surface area (TPSA) is 93.1 Å². The third-order valence-corrected chi connectivity index (χ3v) is 4.95. The van der Waals surface area contributed by atoms with Gasteiger partial charge >= 0.3 is 13.6 Å². The molecule has 1 aliphatic carbocycles. The van der Waals surface area contributed by atoms with Crippen LogP contribution in [-0.4, -0.2) is 35.5 Å². The van der Waals surface area contributed by atoms with Crippen molar-refractivity contribution >= 4 is 13.6 Å². The van der Waals surface area contributed by atoms with Gasteiger partial charge in [-0.25, -0.2) is 0 Å². The Morgan fingerprint density at radius 1 is 1.53 bits per heavy atom. The van der Waals surface area contributed by atoms with Gasteiger partial charge in [0.25, 0.3) is 0 Å². The van der Waals surface area contributed by atoms with E-state index >= 15 is 0 Å². The highest BCUT2D eigenvalue weighted by atomic mass is 31.2. The van der Waals surface area contributed by atoms with Crippen molar-refractivity contribution in [3.63, 3.8) is 0 Å². The summed E-state index contributed by atoms with van der Waals surface area (Å²) >= 11 is 0. The molecule has 0 saturated heterocycles. The maximum Gasteiger partial charge on any atom is 0.356 e. The minimum Gasteiger partial charge on any atom is -0.469 e. The van der Waals surface area contributed by atoms with Gasteiger partial charge in [0.1, 0.15) is 0 Å². The standard InChI is InChI=1S/C10H19O6P/c1-5-16-17(13,14)9(12)7-6(8(11)15-4)10(7,2)3/h6-7,9,12H,5H2,1-4H3,(H,13,14). The lowest BCUT2D eigenvalue weighted by Crippen LogP contribution is -2.17. The molecule has 0 aromatic rings. The molecule has 7 heteroatoms. The van der Waals surface area contributed by atoms with Crippen molar-refractivity contribution in [2.24, 2.45) is 17.3 Å². The van der Waals surface area contributed by atoms with Crippen LogP contribution in [0.1, 0.15) is 20.8 Å². The number of carbonyl (C=O) groups excluding carboxylic acids is 1. The number of methoxy groups -OCH3 is 1. The van der Waals surface area contributed by atoms with E-state index in [9.17, 15) is 19.4 Å². The molecule has 0 aromatic heterocycles. The lowest BCUT2D eigenvalue weighted by Gasteiger charge is -2.18. The van der Waals surface area contributed by atoms with E-state index in [0.29, 0.717) is 0 Å². The van der Waals surface area contributed by atoms with Gasteiger partial charge in [-0.1, -0.05) is 13.8 Å². The highest BCUT2D eigenvalue weighted by Crippen LogP contribution is 2.67. The minimum absolute atomic E-state index is 0.0286. The van der Waals surface area contributed by atoms with Gasteiger partial charge in [-0.05, 0) is 12.3 Å². The highest BCUT2D eigenvalue weighted by molar-refractivity contribution is 7.53. The second-order valence-electron chi connectivity index (χ2n) is 4.74. The number of hydrogen-bond acceptors (Lipinski definition) is 5. The van der Waals surface area contributed by atoms with Crippen LogP contribution in [0.4, 0.5) is 0 Å². The van der Waals surface area contributed by atoms with Gasteiger partial charge in [0, 0.05) is 5.92 Å². The van der Waals surface area contributed by atoms with Crippen LogP contribution in [0.5, 0.6) is 0 Å². The molecule has 0 aliphatic heterocycles. The Morgan fingerprint density at radius 3 is 2.47 bits per heavy atom. The maximum absolute atomic E-state index is 11.7. The molecule has 1 rings (SSSR count). The van der Waals surface area contributed by atoms with E-state index in [1.54, 1.807) is 20.8 Å². The van der Waals surface area contributed by atoms with Crippen LogP contribution in [0.3, 0.4) is 0 Å². The number of hydrogen-bond donors (Lipinski definition) is 2. The van der Waals surface area contributed by atoms with Crippen molar-refractivity contribution in [3.05, 3.63) is 0 Å². The van der Waals surface area contributed by atoms with Crippen LogP contribution in [0.2, 0.25) is 0 Å². The second kappa shape index (κ2) is 4.69. The van der Waals surface area contributed by atoms with Gasteiger partial charge in [-0.2, -0.15) is 0 Å². The Balaban J connectivity index is 2.82. The van der Waals surface area contributed by atoms with Gasteiger partial charge in [0.05, 0.1) is 19.6 Å². The maximum atomic E-state index is 11.7. The van der Waals surface area contributed by atoms with E-state index in [4.69, 9.17) is 0 Å². The molecule has 1 saturated carbocycles. The summed E-state index contributed by atoms with van der Waals surface area (Å²) in [4.78, 5) is 21.0. The van der Waals surface area contributed by atoms with Crippen LogP contribution in [0.25, 0.3) is 0 Å². The van der Waals surface area contributed by atoms with Gasteiger partial charge in [0.15, 0.2) is 5.85 Å². The molecule has 17 heavy (non-hydrogen) atoms. The van der Waals surface area contributed by atoms with Crippen molar-refractivity contribution in [1.82, 2.24) is 0 Å². The quantitative estimate of drug-likeness (QED) is 0.569. The Labute approximate surface area is 100 Å². The average Bonchev–Trinajstić information content (AvgIpc) is 2.79. The monoisotopic (exact) mass is 266 g/mol. The van der Waals surface area contributed by atoms with E-state index in [1.165, 1.54) is 7.11 Å². The molecular weight excluding hydrogens is 247 g/mol.